The maximum Gasteiger partial charge on any atom is 0.326 e. The third kappa shape index (κ3) is 12.8. The number of rotatable bonds is 22. The summed E-state index contributed by atoms with van der Waals surface area (Å²) in [6.07, 6.45) is 1.01. The molecule has 1 fully saturated rings. The number of hydrogen-bond acceptors (Lipinski definition) is 8. The van der Waals surface area contributed by atoms with Crippen molar-refractivity contribution in [1.29, 1.82) is 0 Å². The Kier molecular flexibility index (Phi) is 19.1. The fourth-order valence-electron chi connectivity index (χ4n) is 8.32. The van der Waals surface area contributed by atoms with E-state index in [1.165, 1.54) is 7.11 Å². The number of carboxylic acid groups (broad SMARTS) is 1. The Morgan fingerprint density at radius 3 is 2.02 bits per heavy atom. The largest absolute Gasteiger partial charge is 0.480 e. The van der Waals surface area contributed by atoms with E-state index in [4.69, 9.17) is 9.47 Å². The van der Waals surface area contributed by atoms with E-state index >= 15 is 0 Å². The molecule has 12 heteroatoms. The third-order valence-electron chi connectivity index (χ3n) is 12.1. The Bertz CT molecular complexity index is 1430. The average Bonchev–Trinajstić information content (AvgIpc) is 3.62. The first-order valence-corrected chi connectivity index (χ1v) is 20.6. The Labute approximate surface area is 337 Å². The van der Waals surface area contributed by atoms with Crippen molar-refractivity contribution in [1.82, 2.24) is 20.0 Å². The molecule has 9 atom stereocenters. The number of nitrogens with zero attached hydrogens (tertiary/aromatic N) is 3. The summed E-state index contributed by atoms with van der Waals surface area (Å²) < 4.78 is 11.9. The van der Waals surface area contributed by atoms with E-state index in [2.05, 4.69) is 37.9 Å². The molecule has 0 aromatic heterocycles. The Morgan fingerprint density at radius 2 is 1.54 bits per heavy atom. The first kappa shape index (κ1) is 48.8. The molecular weight excluding hydrogens is 713 g/mol. The number of hydrogen-bond donors (Lipinski definition) is 2. The van der Waals surface area contributed by atoms with Crippen molar-refractivity contribution in [2.24, 2.45) is 29.6 Å². The van der Waals surface area contributed by atoms with Crippen LogP contribution >= 0.6 is 0 Å². The highest BCUT2D eigenvalue weighted by Crippen LogP contribution is 2.31. The molecule has 0 bridgehead atoms. The van der Waals surface area contributed by atoms with Crippen LogP contribution in [0.15, 0.2) is 30.3 Å². The van der Waals surface area contributed by atoms with Crippen molar-refractivity contribution in [3.05, 3.63) is 35.9 Å². The summed E-state index contributed by atoms with van der Waals surface area (Å²) in [5, 5.41) is 12.6. The Morgan fingerprint density at radius 1 is 0.929 bits per heavy atom. The van der Waals surface area contributed by atoms with Gasteiger partial charge in [0.05, 0.1) is 42.7 Å². The lowest BCUT2D eigenvalue weighted by Crippen LogP contribution is -2.55. The van der Waals surface area contributed by atoms with Crippen molar-refractivity contribution in [3.8, 4) is 0 Å². The second-order valence-corrected chi connectivity index (χ2v) is 17.7. The predicted molar refractivity (Wildman–Crippen MR) is 220 cm³/mol. The molecule has 1 aromatic carbocycles. The molecule has 1 saturated heterocycles. The van der Waals surface area contributed by atoms with Crippen molar-refractivity contribution >= 4 is 29.5 Å². The smallest absolute Gasteiger partial charge is 0.326 e. The van der Waals surface area contributed by atoms with Crippen molar-refractivity contribution in [2.75, 3.05) is 34.9 Å². The molecule has 1 heterocycles. The zero-order valence-electron chi connectivity index (χ0n) is 36.8. The number of Topliss-reactive ketones (excluding diaryl/α,β-unsaturated/α-hetero) is 1. The molecule has 0 aliphatic carbocycles. The van der Waals surface area contributed by atoms with Crippen molar-refractivity contribution in [3.63, 3.8) is 0 Å². The van der Waals surface area contributed by atoms with E-state index in [9.17, 15) is 29.1 Å². The molecule has 56 heavy (non-hydrogen) atoms. The van der Waals surface area contributed by atoms with Crippen LogP contribution in [-0.2, 0) is 39.9 Å². The lowest BCUT2D eigenvalue weighted by Gasteiger charge is -2.42. The van der Waals surface area contributed by atoms with Gasteiger partial charge in [0.2, 0.25) is 17.7 Å². The summed E-state index contributed by atoms with van der Waals surface area (Å²) in [4.78, 5) is 73.9. The van der Waals surface area contributed by atoms with Gasteiger partial charge in [-0.05, 0) is 64.0 Å². The molecule has 1 aliphatic rings. The normalized spacial score (nSPS) is 19.2. The van der Waals surface area contributed by atoms with Crippen LogP contribution < -0.4 is 5.32 Å². The zero-order chi connectivity index (χ0) is 42.7. The molecule has 1 aromatic rings. The third-order valence-corrected chi connectivity index (χ3v) is 12.1. The topological polar surface area (TPSA) is 146 Å². The SMILES string of the molecule is CC[C@H](C)[C@@H]([C@@H](CC(=O)N1CCC[C@H]1[C@H](OC)[C@@H](C)C(=O)N[C@@H](Cc1ccccc1)C(=O)O)OC)N(C)C(=O)[C@@H](CC(=O)[C@H](C(C)C)N(C)C(C)(C)C)C(C)C. The van der Waals surface area contributed by atoms with Gasteiger partial charge in [0.15, 0.2) is 5.78 Å². The molecule has 0 unspecified atom stereocenters. The first-order chi connectivity index (χ1) is 26.1. The highest BCUT2D eigenvalue weighted by molar-refractivity contribution is 5.90. The Balaban J connectivity index is 2.30. The quantitative estimate of drug-likeness (QED) is 0.151. The van der Waals surface area contributed by atoms with E-state index in [1.54, 1.807) is 30.9 Å². The molecule has 0 saturated carbocycles. The van der Waals surface area contributed by atoms with Crippen LogP contribution in [0.4, 0.5) is 0 Å². The van der Waals surface area contributed by atoms with Crippen LogP contribution in [-0.4, -0.2) is 126 Å². The minimum absolute atomic E-state index is 0.00583. The number of carbonyl (C=O) groups excluding carboxylic acids is 4. The number of nitrogens with one attached hydrogen (secondary N) is 1. The second-order valence-electron chi connectivity index (χ2n) is 17.7. The number of aliphatic carboxylic acids is 1. The van der Waals surface area contributed by atoms with E-state index < -0.39 is 54.0 Å². The molecule has 1 aliphatic heterocycles. The molecular formula is C44H74N4O8. The summed E-state index contributed by atoms with van der Waals surface area (Å²) >= 11 is 0. The van der Waals surface area contributed by atoms with E-state index in [-0.39, 0.29) is 66.2 Å². The lowest BCUT2D eigenvalue weighted by atomic mass is 9.83. The minimum atomic E-state index is -1.13. The van der Waals surface area contributed by atoms with Gasteiger partial charge < -0.3 is 29.7 Å². The maximum absolute atomic E-state index is 14.5. The van der Waals surface area contributed by atoms with Gasteiger partial charge in [0.25, 0.3) is 0 Å². The van der Waals surface area contributed by atoms with Gasteiger partial charge in [-0.1, -0.05) is 85.2 Å². The highest BCUT2D eigenvalue weighted by atomic mass is 16.5. The monoisotopic (exact) mass is 787 g/mol. The molecule has 2 N–H and O–H groups in total. The number of likely N-dealkylation sites (N-methyl/N-ethyl adjacent to an activating group) is 2. The number of ether oxygens (including phenoxy) is 2. The van der Waals surface area contributed by atoms with Gasteiger partial charge >= 0.3 is 5.97 Å². The fraction of sp³-hybridized carbons (Fsp3) is 0.750. The van der Waals surface area contributed by atoms with Crippen molar-refractivity contribution < 1.29 is 38.6 Å². The molecule has 318 valence electrons. The van der Waals surface area contributed by atoms with Crippen molar-refractivity contribution in [2.45, 2.75) is 150 Å². The standard InChI is InChI=1S/C44H74N4O8/c1-15-29(6)39(46(11)42(52)32(27(2)3)25-35(49)38(28(4)5)47(12)44(8,9)10)36(55-13)26-37(50)48-23-19-22-34(48)40(56-14)30(7)41(51)45-33(43(53)54)24-31-20-17-16-18-21-31/h16-18,20-21,27-30,32-34,36,38-40H,15,19,22-26H2,1-14H3,(H,45,51)(H,53,54)/t29-,30+,32-,33-,34-,36+,38-,39-,40+/m0/s1. The van der Waals surface area contributed by atoms with Gasteiger partial charge in [0.1, 0.15) is 6.04 Å². The number of carboxylic acids is 1. The summed E-state index contributed by atoms with van der Waals surface area (Å²) in [6.45, 7) is 20.5. The van der Waals surface area contributed by atoms with E-state index in [0.717, 1.165) is 12.0 Å². The minimum Gasteiger partial charge on any atom is -0.480 e. The van der Waals surface area contributed by atoms with Gasteiger partial charge in [-0.2, -0.15) is 0 Å². The van der Waals surface area contributed by atoms with Gasteiger partial charge in [-0.15, -0.1) is 0 Å². The highest BCUT2D eigenvalue weighted by Gasteiger charge is 2.44. The summed E-state index contributed by atoms with van der Waals surface area (Å²) in [7, 11) is 6.80. The number of likely N-dealkylation sites (tertiary alicyclic amines) is 1. The van der Waals surface area contributed by atoms with Crippen LogP contribution in [0, 0.1) is 29.6 Å². The maximum atomic E-state index is 14.5. The number of amides is 3. The van der Waals surface area contributed by atoms with Crippen LogP contribution in [0.2, 0.25) is 0 Å². The fourth-order valence-corrected chi connectivity index (χ4v) is 8.32. The van der Waals surface area contributed by atoms with E-state index in [1.807, 2.05) is 72.0 Å². The first-order valence-electron chi connectivity index (χ1n) is 20.6. The summed E-state index contributed by atoms with van der Waals surface area (Å²) in [6, 6.07) is 6.80. The van der Waals surface area contributed by atoms with Gasteiger partial charge in [-0.25, -0.2) is 4.79 Å². The molecule has 0 radical (unpaired) electrons. The van der Waals surface area contributed by atoms with Crippen LogP contribution in [0.25, 0.3) is 0 Å². The second kappa shape index (κ2) is 22.0. The number of benzene rings is 1. The average molecular weight is 787 g/mol. The van der Waals surface area contributed by atoms with E-state index in [0.29, 0.717) is 19.4 Å². The lowest BCUT2D eigenvalue weighted by molar-refractivity contribution is -0.149. The van der Waals surface area contributed by atoms with Crippen LogP contribution in [0.3, 0.4) is 0 Å². The summed E-state index contributed by atoms with van der Waals surface area (Å²) in [5.74, 6) is -3.22. The zero-order valence-corrected chi connectivity index (χ0v) is 36.8. The molecule has 2 rings (SSSR count). The van der Waals surface area contributed by atoms with Gasteiger partial charge in [0, 0.05) is 52.1 Å². The number of ketones is 1. The number of carbonyl (C=O) groups is 5. The van der Waals surface area contributed by atoms with Gasteiger partial charge in [-0.3, -0.25) is 24.1 Å². The molecule has 0 spiro atoms. The molecule has 12 nitrogen and oxygen atoms in total. The van der Waals surface area contributed by atoms with Crippen LogP contribution in [0.5, 0.6) is 0 Å². The molecule has 3 amide bonds. The summed E-state index contributed by atoms with van der Waals surface area (Å²) in [5.41, 5.74) is 0.559. The Hall–Kier alpha value is -3.35. The van der Waals surface area contributed by atoms with Crippen LogP contribution in [0.1, 0.15) is 107 Å². The predicted octanol–water partition coefficient (Wildman–Crippen LogP) is 5.71. The number of methoxy groups -OCH3 is 2.